The summed E-state index contributed by atoms with van der Waals surface area (Å²) in [5.74, 6) is -5.48. The molecule has 0 fully saturated rings. The van der Waals surface area contributed by atoms with Gasteiger partial charge >= 0.3 is 18.5 Å². The lowest BCUT2D eigenvalue weighted by Crippen LogP contribution is -2.22. The Labute approximate surface area is 112 Å². The monoisotopic (exact) mass is 321 g/mol. The van der Waals surface area contributed by atoms with Gasteiger partial charge in [0.25, 0.3) is 0 Å². The maximum atomic E-state index is 13.1. The molecule has 1 aromatic heterocycles. The summed E-state index contributed by atoms with van der Waals surface area (Å²) in [5.41, 5.74) is -3.30. The van der Waals surface area contributed by atoms with Gasteiger partial charge in [0, 0.05) is 0 Å². The summed E-state index contributed by atoms with van der Waals surface area (Å²) in [7, 11) is 0. The van der Waals surface area contributed by atoms with Gasteiger partial charge in [0.15, 0.2) is 0 Å². The Morgan fingerprint density at radius 1 is 1.24 bits per heavy atom. The molecule has 21 heavy (non-hydrogen) atoms. The van der Waals surface area contributed by atoms with Crippen molar-refractivity contribution < 1.29 is 45.0 Å². The molecule has 0 aliphatic rings. The number of esters is 1. The van der Waals surface area contributed by atoms with E-state index in [1.54, 1.807) is 0 Å². The van der Waals surface area contributed by atoms with Gasteiger partial charge in [-0.05, 0) is 13.0 Å². The quantitative estimate of drug-likeness (QED) is 0.487. The maximum absolute atomic E-state index is 13.1. The second-order valence-corrected chi connectivity index (χ2v) is 3.45. The van der Waals surface area contributed by atoms with Crippen molar-refractivity contribution in [3.05, 3.63) is 23.1 Å². The van der Waals surface area contributed by atoms with E-state index in [9.17, 15) is 35.5 Å². The van der Waals surface area contributed by atoms with Gasteiger partial charge in [-0.1, -0.05) is 0 Å². The predicted molar refractivity (Wildman–Crippen MR) is 51.8 cm³/mol. The summed E-state index contributed by atoms with van der Waals surface area (Å²) in [6, 6.07) is -0.151. The van der Waals surface area contributed by atoms with E-state index in [1.165, 1.54) is 6.92 Å². The SMILES string of the molecule is CCOC(=O)c1cc(C(F)(F)F)c(F)nc1OC(F)(F)F. The Hall–Kier alpha value is -2.07. The second-order valence-electron chi connectivity index (χ2n) is 3.45. The standard InChI is InChI=1S/C10H6F7NO3/c1-2-20-8(19)4-3-5(9(12,13)14)6(11)18-7(4)21-10(15,16)17/h3H,2H2,1H3. The Balaban J connectivity index is 3.42. The van der Waals surface area contributed by atoms with Crippen molar-refractivity contribution in [2.24, 2.45) is 0 Å². The molecule has 0 spiro atoms. The largest absolute Gasteiger partial charge is 0.574 e. The molecule has 0 aromatic carbocycles. The predicted octanol–water partition coefficient (Wildman–Crippen LogP) is 3.31. The second kappa shape index (κ2) is 5.74. The molecule has 11 heteroatoms. The van der Waals surface area contributed by atoms with Crippen molar-refractivity contribution in [3.8, 4) is 5.88 Å². The number of hydrogen-bond donors (Lipinski definition) is 0. The molecule has 0 amide bonds. The molecule has 0 aliphatic carbocycles. The molecule has 0 N–H and O–H groups in total. The van der Waals surface area contributed by atoms with Gasteiger partial charge in [-0.15, -0.1) is 13.2 Å². The molecule has 4 nitrogen and oxygen atoms in total. The number of alkyl halides is 6. The van der Waals surface area contributed by atoms with Crippen molar-refractivity contribution in [3.63, 3.8) is 0 Å². The van der Waals surface area contributed by atoms with Gasteiger partial charge in [-0.2, -0.15) is 22.5 Å². The number of halogens is 7. The summed E-state index contributed by atoms with van der Waals surface area (Å²) in [6.45, 7) is 0.937. The number of carbonyl (C=O) groups excluding carboxylic acids is 1. The molecular formula is C10H6F7NO3. The van der Waals surface area contributed by atoms with E-state index < -0.39 is 41.5 Å². The van der Waals surface area contributed by atoms with Crippen molar-refractivity contribution >= 4 is 5.97 Å². The smallest absolute Gasteiger partial charge is 0.462 e. The zero-order valence-corrected chi connectivity index (χ0v) is 10.1. The maximum Gasteiger partial charge on any atom is 0.574 e. The molecule has 0 unspecified atom stereocenters. The van der Waals surface area contributed by atoms with Crippen molar-refractivity contribution in [2.45, 2.75) is 19.5 Å². The van der Waals surface area contributed by atoms with Gasteiger partial charge in [-0.3, -0.25) is 0 Å². The minimum absolute atomic E-state index is 0.151. The fourth-order valence-electron chi connectivity index (χ4n) is 1.22. The zero-order chi connectivity index (χ0) is 16.4. The highest BCUT2D eigenvalue weighted by Gasteiger charge is 2.40. The first-order valence-corrected chi connectivity index (χ1v) is 5.16. The zero-order valence-electron chi connectivity index (χ0n) is 10.1. The molecule has 118 valence electrons. The molecule has 0 aliphatic heterocycles. The number of ether oxygens (including phenoxy) is 2. The van der Waals surface area contributed by atoms with Crippen LogP contribution in [0.4, 0.5) is 30.7 Å². The number of nitrogens with zero attached hydrogens (tertiary/aromatic N) is 1. The number of rotatable bonds is 3. The summed E-state index contributed by atoms with van der Waals surface area (Å²) in [4.78, 5) is 13.7. The van der Waals surface area contributed by atoms with Gasteiger partial charge in [0.05, 0.1) is 6.61 Å². The molecule has 1 heterocycles. The average molecular weight is 321 g/mol. The number of hydrogen-bond acceptors (Lipinski definition) is 4. The van der Waals surface area contributed by atoms with Crippen molar-refractivity contribution in [1.82, 2.24) is 4.98 Å². The average Bonchev–Trinajstić information content (AvgIpc) is 2.25. The van der Waals surface area contributed by atoms with Crippen LogP contribution in [0.3, 0.4) is 0 Å². The highest BCUT2D eigenvalue weighted by Crippen LogP contribution is 2.35. The van der Waals surface area contributed by atoms with E-state index in [2.05, 4.69) is 14.5 Å². The molecule has 0 radical (unpaired) electrons. The minimum atomic E-state index is -5.37. The van der Waals surface area contributed by atoms with Crippen LogP contribution in [0.15, 0.2) is 6.07 Å². The summed E-state index contributed by atoms with van der Waals surface area (Å²) in [5, 5.41) is 0. The van der Waals surface area contributed by atoms with Crippen LogP contribution in [0.25, 0.3) is 0 Å². The van der Waals surface area contributed by atoms with E-state index in [1.807, 2.05) is 0 Å². The highest BCUT2D eigenvalue weighted by molar-refractivity contribution is 5.92. The number of aromatic nitrogens is 1. The first-order chi connectivity index (χ1) is 9.45. The Bertz CT molecular complexity index is 539. The van der Waals surface area contributed by atoms with Crippen LogP contribution in [-0.4, -0.2) is 23.9 Å². The number of pyridine rings is 1. The first-order valence-electron chi connectivity index (χ1n) is 5.16. The summed E-state index contributed by atoms with van der Waals surface area (Å²) in [6.07, 6.45) is -10.6. The molecule has 0 bridgehead atoms. The summed E-state index contributed by atoms with van der Waals surface area (Å²) < 4.78 is 94.2. The van der Waals surface area contributed by atoms with E-state index in [0.29, 0.717) is 0 Å². The third-order valence-electron chi connectivity index (χ3n) is 1.95. The van der Waals surface area contributed by atoms with Gasteiger partial charge in [-0.25, -0.2) is 4.79 Å². The third kappa shape index (κ3) is 4.46. The van der Waals surface area contributed by atoms with Crippen LogP contribution < -0.4 is 4.74 Å². The van der Waals surface area contributed by atoms with Gasteiger partial charge in [0.2, 0.25) is 11.8 Å². The Morgan fingerprint density at radius 3 is 2.24 bits per heavy atom. The molecule has 1 rings (SSSR count). The van der Waals surface area contributed by atoms with E-state index in [-0.39, 0.29) is 12.7 Å². The van der Waals surface area contributed by atoms with E-state index in [0.717, 1.165) is 0 Å². The summed E-state index contributed by atoms with van der Waals surface area (Å²) >= 11 is 0. The molecule has 0 saturated carbocycles. The lowest BCUT2D eigenvalue weighted by atomic mass is 10.2. The van der Waals surface area contributed by atoms with Crippen LogP contribution >= 0.6 is 0 Å². The molecule has 1 aromatic rings. The van der Waals surface area contributed by atoms with Crippen molar-refractivity contribution in [1.29, 1.82) is 0 Å². The minimum Gasteiger partial charge on any atom is -0.462 e. The van der Waals surface area contributed by atoms with Crippen LogP contribution in [0.2, 0.25) is 0 Å². The van der Waals surface area contributed by atoms with Crippen LogP contribution in [-0.2, 0) is 10.9 Å². The van der Waals surface area contributed by atoms with Gasteiger partial charge < -0.3 is 9.47 Å². The van der Waals surface area contributed by atoms with Crippen LogP contribution in [0.5, 0.6) is 5.88 Å². The highest BCUT2D eigenvalue weighted by atomic mass is 19.4. The Morgan fingerprint density at radius 2 is 1.81 bits per heavy atom. The van der Waals surface area contributed by atoms with E-state index in [4.69, 9.17) is 0 Å². The Kier molecular flexibility index (Phi) is 4.64. The first kappa shape index (κ1) is 17.0. The fraction of sp³-hybridized carbons (Fsp3) is 0.400. The van der Waals surface area contributed by atoms with Crippen molar-refractivity contribution in [2.75, 3.05) is 6.61 Å². The lowest BCUT2D eigenvalue weighted by molar-refractivity contribution is -0.276. The van der Waals surface area contributed by atoms with Gasteiger partial charge in [0.1, 0.15) is 11.1 Å². The lowest BCUT2D eigenvalue weighted by Gasteiger charge is -2.14. The third-order valence-corrected chi connectivity index (χ3v) is 1.95. The van der Waals surface area contributed by atoms with E-state index >= 15 is 0 Å². The fourth-order valence-corrected chi connectivity index (χ4v) is 1.22. The van der Waals surface area contributed by atoms with Crippen LogP contribution in [0, 0.1) is 5.95 Å². The van der Waals surface area contributed by atoms with Crippen LogP contribution in [0.1, 0.15) is 22.8 Å². The topological polar surface area (TPSA) is 48.4 Å². The molecule has 0 atom stereocenters. The molecule has 0 saturated heterocycles. The number of carbonyl (C=O) groups is 1. The normalized spacial score (nSPS) is 12.2. The molecular weight excluding hydrogens is 315 g/mol.